The number of carbonyl (C=O) groups excluding carboxylic acids is 1. The average Bonchev–Trinajstić information content (AvgIpc) is 3.16. The maximum absolute atomic E-state index is 12.9. The Kier molecular flexibility index (Phi) is 6.84. The number of rotatable bonds is 8. The number of benzene rings is 2. The topological polar surface area (TPSA) is 58.1 Å². The van der Waals surface area contributed by atoms with Crippen LogP contribution in [0, 0.1) is 0 Å². The van der Waals surface area contributed by atoms with Crippen LogP contribution < -0.4 is 5.32 Å². The minimum atomic E-state index is -0.118. The van der Waals surface area contributed by atoms with E-state index in [1.165, 1.54) is 23.1 Å². The highest BCUT2D eigenvalue weighted by Crippen LogP contribution is 2.30. The quantitative estimate of drug-likeness (QED) is 0.573. The van der Waals surface area contributed by atoms with Crippen molar-refractivity contribution in [2.24, 2.45) is 0 Å². The second kappa shape index (κ2) is 9.53. The highest BCUT2D eigenvalue weighted by Gasteiger charge is 2.23. The second-order valence-corrected chi connectivity index (χ2v) is 8.12. The standard InChI is InChI=1S/C20H22N4OS2/c1-3-21-19-22-23-20(27-19)26-14-17(25)24(2)18(15-10-6-4-7-11-15)16-12-8-5-9-13-16/h4-13,18H,3,14H2,1-2H3,(H,21,22). The number of nitrogens with zero attached hydrogens (tertiary/aromatic N) is 3. The van der Waals surface area contributed by atoms with Crippen molar-refractivity contribution in [3.8, 4) is 0 Å². The zero-order chi connectivity index (χ0) is 19.1. The van der Waals surface area contributed by atoms with Gasteiger partial charge >= 0.3 is 0 Å². The van der Waals surface area contributed by atoms with E-state index in [0.717, 1.165) is 27.1 Å². The van der Waals surface area contributed by atoms with Crippen molar-refractivity contribution in [1.29, 1.82) is 0 Å². The minimum absolute atomic E-state index is 0.0536. The van der Waals surface area contributed by atoms with Crippen molar-refractivity contribution >= 4 is 34.1 Å². The van der Waals surface area contributed by atoms with E-state index in [1.54, 1.807) is 0 Å². The summed E-state index contributed by atoms with van der Waals surface area (Å²) in [7, 11) is 1.86. The van der Waals surface area contributed by atoms with E-state index in [-0.39, 0.29) is 11.9 Å². The molecule has 0 fully saturated rings. The van der Waals surface area contributed by atoms with Crippen LogP contribution in [-0.2, 0) is 4.79 Å². The van der Waals surface area contributed by atoms with Gasteiger partial charge in [-0.1, -0.05) is 83.8 Å². The molecular weight excluding hydrogens is 376 g/mol. The Labute approximate surface area is 167 Å². The number of hydrogen-bond acceptors (Lipinski definition) is 6. The molecule has 140 valence electrons. The fraction of sp³-hybridized carbons (Fsp3) is 0.250. The molecule has 5 nitrogen and oxygen atoms in total. The van der Waals surface area contributed by atoms with Gasteiger partial charge in [-0.15, -0.1) is 10.2 Å². The van der Waals surface area contributed by atoms with Crippen LogP contribution in [0.2, 0.25) is 0 Å². The number of thioether (sulfide) groups is 1. The zero-order valence-corrected chi connectivity index (χ0v) is 17.0. The van der Waals surface area contributed by atoms with E-state index in [1.807, 2.05) is 55.3 Å². The molecule has 1 heterocycles. The van der Waals surface area contributed by atoms with Crippen LogP contribution >= 0.6 is 23.1 Å². The summed E-state index contributed by atoms with van der Waals surface area (Å²) in [5, 5.41) is 12.1. The summed E-state index contributed by atoms with van der Waals surface area (Å²) in [6.45, 7) is 2.82. The van der Waals surface area contributed by atoms with Crippen LogP contribution in [0.15, 0.2) is 65.0 Å². The number of aromatic nitrogens is 2. The van der Waals surface area contributed by atoms with Gasteiger partial charge in [0.15, 0.2) is 4.34 Å². The molecule has 0 aliphatic heterocycles. The molecule has 1 N–H and O–H groups in total. The summed E-state index contributed by atoms with van der Waals surface area (Å²) >= 11 is 2.90. The van der Waals surface area contributed by atoms with E-state index in [0.29, 0.717) is 5.75 Å². The SMILES string of the molecule is CCNc1nnc(SCC(=O)N(C)C(c2ccccc2)c2ccccc2)s1. The predicted molar refractivity (Wildman–Crippen MR) is 112 cm³/mol. The lowest BCUT2D eigenvalue weighted by atomic mass is 9.97. The molecule has 0 saturated carbocycles. The Balaban J connectivity index is 1.73. The largest absolute Gasteiger partial charge is 0.360 e. The summed E-state index contributed by atoms with van der Waals surface area (Å²) in [6.07, 6.45) is 0. The third kappa shape index (κ3) is 5.08. The summed E-state index contributed by atoms with van der Waals surface area (Å²) in [5.41, 5.74) is 2.18. The molecule has 2 aromatic carbocycles. The lowest BCUT2D eigenvalue weighted by Crippen LogP contribution is -2.33. The van der Waals surface area contributed by atoms with E-state index < -0.39 is 0 Å². The van der Waals surface area contributed by atoms with E-state index in [4.69, 9.17) is 0 Å². The van der Waals surface area contributed by atoms with E-state index in [9.17, 15) is 4.79 Å². The summed E-state index contributed by atoms with van der Waals surface area (Å²) < 4.78 is 0.795. The van der Waals surface area contributed by atoms with Gasteiger partial charge in [0.1, 0.15) is 0 Å². The molecular formula is C20H22N4OS2. The van der Waals surface area contributed by atoms with Crippen LogP contribution in [-0.4, -0.2) is 40.3 Å². The molecule has 0 aliphatic rings. The van der Waals surface area contributed by atoms with Crippen molar-refractivity contribution in [3.63, 3.8) is 0 Å². The van der Waals surface area contributed by atoms with Crippen molar-refractivity contribution in [3.05, 3.63) is 71.8 Å². The van der Waals surface area contributed by atoms with Crippen LogP contribution in [0.4, 0.5) is 5.13 Å². The Hall–Kier alpha value is -2.38. The van der Waals surface area contributed by atoms with E-state index >= 15 is 0 Å². The van der Waals surface area contributed by atoms with Crippen LogP contribution in [0.3, 0.4) is 0 Å². The van der Waals surface area contributed by atoms with Crippen molar-refractivity contribution < 1.29 is 4.79 Å². The van der Waals surface area contributed by atoms with Gasteiger partial charge in [0.2, 0.25) is 11.0 Å². The van der Waals surface area contributed by atoms with Crippen LogP contribution in [0.1, 0.15) is 24.1 Å². The first-order valence-corrected chi connectivity index (χ1v) is 10.5. The third-order valence-corrected chi connectivity index (χ3v) is 6.06. The Morgan fingerprint density at radius 1 is 1.07 bits per heavy atom. The van der Waals surface area contributed by atoms with Gasteiger partial charge in [-0.3, -0.25) is 4.79 Å². The van der Waals surface area contributed by atoms with Gasteiger partial charge in [0.25, 0.3) is 0 Å². The number of carbonyl (C=O) groups is 1. The van der Waals surface area contributed by atoms with Gasteiger partial charge < -0.3 is 10.2 Å². The van der Waals surface area contributed by atoms with Gasteiger partial charge in [0, 0.05) is 13.6 Å². The molecule has 0 radical (unpaired) electrons. The average molecular weight is 399 g/mol. The second-order valence-electron chi connectivity index (χ2n) is 5.92. The maximum atomic E-state index is 12.9. The number of hydrogen-bond donors (Lipinski definition) is 1. The van der Waals surface area contributed by atoms with Crippen LogP contribution in [0.5, 0.6) is 0 Å². The zero-order valence-electron chi connectivity index (χ0n) is 15.3. The van der Waals surface area contributed by atoms with Gasteiger partial charge in [0.05, 0.1) is 11.8 Å². The van der Waals surface area contributed by atoms with Crippen molar-refractivity contribution in [2.45, 2.75) is 17.3 Å². The molecule has 3 rings (SSSR count). The molecule has 27 heavy (non-hydrogen) atoms. The summed E-state index contributed by atoms with van der Waals surface area (Å²) in [6, 6.07) is 20.1. The first-order valence-electron chi connectivity index (χ1n) is 8.74. The first-order chi connectivity index (χ1) is 13.2. The summed E-state index contributed by atoms with van der Waals surface area (Å²) in [5.74, 6) is 0.380. The third-order valence-electron chi connectivity index (χ3n) is 4.06. The molecule has 1 aromatic heterocycles. The van der Waals surface area contributed by atoms with Crippen molar-refractivity contribution in [2.75, 3.05) is 24.7 Å². The fourth-order valence-electron chi connectivity index (χ4n) is 2.77. The fourth-order valence-corrected chi connectivity index (χ4v) is 4.51. The predicted octanol–water partition coefficient (Wildman–Crippen LogP) is 4.31. The number of amides is 1. The Morgan fingerprint density at radius 2 is 1.67 bits per heavy atom. The molecule has 0 unspecified atom stereocenters. The monoisotopic (exact) mass is 398 g/mol. The van der Waals surface area contributed by atoms with Crippen LogP contribution in [0.25, 0.3) is 0 Å². The number of nitrogens with one attached hydrogen (secondary N) is 1. The van der Waals surface area contributed by atoms with E-state index in [2.05, 4.69) is 39.8 Å². The molecule has 3 aromatic rings. The molecule has 0 spiro atoms. The lowest BCUT2D eigenvalue weighted by molar-refractivity contribution is -0.128. The molecule has 0 bridgehead atoms. The highest BCUT2D eigenvalue weighted by molar-refractivity contribution is 8.01. The molecule has 0 aliphatic carbocycles. The minimum Gasteiger partial charge on any atom is -0.360 e. The Bertz CT molecular complexity index is 815. The summed E-state index contributed by atoms with van der Waals surface area (Å²) in [4.78, 5) is 14.7. The molecule has 1 amide bonds. The first kappa shape index (κ1) is 19.4. The van der Waals surface area contributed by atoms with Gasteiger partial charge in [-0.25, -0.2) is 0 Å². The number of anilines is 1. The highest BCUT2D eigenvalue weighted by atomic mass is 32.2. The smallest absolute Gasteiger partial charge is 0.233 e. The van der Waals surface area contributed by atoms with Gasteiger partial charge in [-0.2, -0.15) is 0 Å². The Morgan fingerprint density at radius 3 is 2.22 bits per heavy atom. The lowest BCUT2D eigenvalue weighted by Gasteiger charge is -2.29. The van der Waals surface area contributed by atoms with Gasteiger partial charge in [-0.05, 0) is 18.1 Å². The van der Waals surface area contributed by atoms with Crippen molar-refractivity contribution in [1.82, 2.24) is 15.1 Å². The maximum Gasteiger partial charge on any atom is 0.233 e. The molecule has 0 atom stereocenters. The molecule has 0 saturated heterocycles. The molecule has 7 heteroatoms. The normalized spacial score (nSPS) is 10.8.